The number of carbonyl (C=O) groups is 1. The Morgan fingerprint density at radius 3 is 2.39 bits per heavy atom. The lowest BCUT2D eigenvalue weighted by Crippen LogP contribution is -2.50. The molecular weight excluding hydrogens is 298 g/mol. The first kappa shape index (κ1) is 17.5. The number of piperazine rings is 1. The van der Waals surface area contributed by atoms with Crippen LogP contribution in [0.25, 0.3) is 0 Å². The number of nitrogens with one attached hydrogen (secondary N) is 1. The molecule has 0 unspecified atom stereocenters. The van der Waals surface area contributed by atoms with Gasteiger partial charge in [-0.15, -0.1) is 0 Å². The Balaban J connectivity index is 1.83. The largest absolute Gasteiger partial charge is 0.493 e. The fourth-order valence-corrected chi connectivity index (χ4v) is 2.58. The van der Waals surface area contributed by atoms with Crippen LogP contribution in [0.5, 0.6) is 11.5 Å². The number of aliphatic hydroxyl groups is 1. The van der Waals surface area contributed by atoms with Gasteiger partial charge >= 0.3 is 0 Å². The first-order chi connectivity index (χ1) is 11.2. The summed E-state index contributed by atoms with van der Waals surface area (Å²) >= 11 is 0. The maximum absolute atomic E-state index is 12.2. The molecule has 1 aromatic carbocycles. The minimum absolute atomic E-state index is 0.135. The Hall–Kier alpha value is -1.83. The van der Waals surface area contributed by atoms with Crippen LogP contribution in [0.15, 0.2) is 18.2 Å². The number of aliphatic hydroxyl groups excluding tert-OH is 1. The molecule has 0 radical (unpaired) electrons. The van der Waals surface area contributed by atoms with Gasteiger partial charge < -0.3 is 19.9 Å². The molecule has 1 amide bonds. The number of hydrogen-bond donors (Lipinski definition) is 2. The fourth-order valence-electron chi connectivity index (χ4n) is 2.58. The van der Waals surface area contributed by atoms with E-state index in [1.807, 2.05) is 0 Å². The topological polar surface area (TPSA) is 74.3 Å². The monoisotopic (exact) mass is 323 g/mol. The van der Waals surface area contributed by atoms with Gasteiger partial charge in [0.2, 0.25) is 0 Å². The Kier molecular flexibility index (Phi) is 6.64. The molecule has 0 atom stereocenters. The third-order valence-corrected chi connectivity index (χ3v) is 3.99. The summed E-state index contributed by atoms with van der Waals surface area (Å²) in [6.07, 6.45) is 0. The van der Waals surface area contributed by atoms with Crippen molar-refractivity contribution in [3.8, 4) is 11.5 Å². The zero-order valence-corrected chi connectivity index (χ0v) is 13.7. The van der Waals surface area contributed by atoms with Crippen molar-refractivity contribution >= 4 is 5.91 Å². The van der Waals surface area contributed by atoms with Crippen molar-refractivity contribution in [3.05, 3.63) is 23.8 Å². The lowest BCUT2D eigenvalue weighted by atomic mass is 10.2. The van der Waals surface area contributed by atoms with E-state index in [4.69, 9.17) is 14.6 Å². The smallest absolute Gasteiger partial charge is 0.252 e. The van der Waals surface area contributed by atoms with Crippen molar-refractivity contribution in [2.24, 2.45) is 0 Å². The number of ether oxygens (including phenoxy) is 2. The molecule has 2 N–H and O–H groups in total. The Bertz CT molecular complexity index is 516. The van der Waals surface area contributed by atoms with E-state index in [2.05, 4.69) is 15.1 Å². The van der Waals surface area contributed by atoms with Crippen molar-refractivity contribution in [2.75, 3.05) is 60.2 Å². The van der Waals surface area contributed by atoms with Crippen molar-refractivity contribution in [1.29, 1.82) is 0 Å². The number of benzene rings is 1. The Morgan fingerprint density at radius 1 is 1.13 bits per heavy atom. The van der Waals surface area contributed by atoms with Gasteiger partial charge in [0, 0.05) is 38.3 Å². The van der Waals surface area contributed by atoms with E-state index < -0.39 is 0 Å². The fraction of sp³-hybridized carbons (Fsp3) is 0.562. The van der Waals surface area contributed by atoms with Crippen LogP contribution in [-0.4, -0.2) is 81.0 Å². The summed E-state index contributed by atoms with van der Waals surface area (Å²) < 4.78 is 10.4. The highest BCUT2D eigenvalue weighted by Gasteiger charge is 2.17. The van der Waals surface area contributed by atoms with Gasteiger partial charge in [0.25, 0.3) is 5.91 Å². The van der Waals surface area contributed by atoms with Crippen molar-refractivity contribution in [3.63, 3.8) is 0 Å². The number of β-amino-alcohol motifs (C(OH)–C–C–N with tert-alkyl or cyclic N) is 1. The van der Waals surface area contributed by atoms with E-state index in [1.165, 1.54) is 0 Å². The molecule has 128 valence electrons. The molecule has 7 nitrogen and oxygen atoms in total. The van der Waals surface area contributed by atoms with Crippen LogP contribution in [0.1, 0.15) is 10.4 Å². The molecule has 0 bridgehead atoms. The molecule has 1 aromatic rings. The highest BCUT2D eigenvalue weighted by Crippen LogP contribution is 2.27. The summed E-state index contributed by atoms with van der Waals surface area (Å²) in [4.78, 5) is 16.6. The van der Waals surface area contributed by atoms with Crippen LogP contribution in [0.3, 0.4) is 0 Å². The predicted molar refractivity (Wildman–Crippen MR) is 87.0 cm³/mol. The van der Waals surface area contributed by atoms with Crippen molar-refractivity contribution in [2.45, 2.75) is 0 Å². The van der Waals surface area contributed by atoms with Crippen LogP contribution in [-0.2, 0) is 0 Å². The Morgan fingerprint density at radius 2 is 1.78 bits per heavy atom. The summed E-state index contributed by atoms with van der Waals surface area (Å²) in [5, 5.41) is 11.9. The highest BCUT2D eigenvalue weighted by atomic mass is 16.5. The van der Waals surface area contributed by atoms with Crippen molar-refractivity contribution < 1.29 is 19.4 Å². The minimum Gasteiger partial charge on any atom is -0.493 e. The number of amides is 1. The third-order valence-electron chi connectivity index (χ3n) is 3.99. The molecule has 1 aliphatic heterocycles. The van der Waals surface area contributed by atoms with Gasteiger partial charge in [-0.3, -0.25) is 14.6 Å². The molecule has 1 fully saturated rings. The van der Waals surface area contributed by atoms with E-state index in [0.29, 0.717) is 30.3 Å². The molecule has 0 saturated carbocycles. The minimum atomic E-state index is -0.135. The molecule has 0 aromatic heterocycles. The summed E-state index contributed by atoms with van der Waals surface area (Å²) in [6.45, 7) is 5.00. The maximum Gasteiger partial charge on any atom is 0.252 e. The van der Waals surface area contributed by atoms with Gasteiger partial charge in [-0.2, -0.15) is 0 Å². The quantitative estimate of drug-likeness (QED) is 0.736. The van der Waals surface area contributed by atoms with Crippen LogP contribution in [0.2, 0.25) is 0 Å². The molecule has 0 aliphatic carbocycles. The summed E-state index contributed by atoms with van der Waals surface area (Å²) in [5.41, 5.74) is 0.543. The van der Waals surface area contributed by atoms with Crippen LogP contribution in [0.4, 0.5) is 0 Å². The van der Waals surface area contributed by atoms with Crippen LogP contribution >= 0.6 is 0 Å². The molecule has 1 saturated heterocycles. The molecule has 23 heavy (non-hydrogen) atoms. The molecule has 1 aliphatic rings. The van der Waals surface area contributed by atoms with Crippen molar-refractivity contribution in [1.82, 2.24) is 15.1 Å². The first-order valence-corrected chi connectivity index (χ1v) is 7.73. The van der Waals surface area contributed by atoms with E-state index in [9.17, 15) is 4.79 Å². The molecule has 0 spiro atoms. The zero-order chi connectivity index (χ0) is 16.7. The van der Waals surface area contributed by atoms with E-state index in [1.54, 1.807) is 32.4 Å². The summed E-state index contributed by atoms with van der Waals surface area (Å²) in [5.74, 6) is 1.01. The lowest BCUT2D eigenvalue weighted by Gasteiger charge is -2.34. The second kappa shape index (κ2) is 8.71. The van der Waals surface area contributed by atoms with Gasteiger partial charge in [-0.05, 0) is 18.2 Å². The number of rotatable bonds is 7. The van der Waals surface area contributed by atoms with Gasteiger partial charge in [-0.25, -0.2) is 0 Å². The average molecular weight is 323 g/mol. The Labute approximate surface area is 136 Å². The van der Waals surface area contributed by atoms with E-state index >= 15 is 0 Å². The van der Waals surface area contributed by atoms with Gasteiger partial charge in [-0.1, -0.05) is 0 Å². The summed E-state index contributed by atoms with van der Waals surface area (Å²) in [7, 11) is 3.11. The average Bonchev–Trinajstić information content (AvgIpc) is 2.60. The van der Waals surface area contributed by atoms with E-state index in [0.717, 1.165) is 26.2 Å². The third kappa shape index (κ3) is 4.82. The summed E-state index contributed by atoms with van der Waals surface area (Å²) in [6, 6.07) is 5.12. The highest BCUT2D eigenvalue weighted by molar-refractivity contribution is 5.94. The van der Waals surface area contributed by atoms with Crippen LogP contribution in [0, 0.1) is 0 Å². The van der Waals surface area contributed by atoms with E-state index in [-0.39, 0.29) is 12.5 Å². The number of methoxy groups -OCH3 is 2. The maximum atomic E-state index is 12.2. The van der Waals surface area contributed by atoms with Gasteiger partial charge in [0.15, 0.2) is 11.5 Å². The second-order valence-corrected chi connectivity index (χ2v) is 5.42. The SMILES string of the molecule is COc1ccc(C(=O)NCN2CCN(CCO)CC2)cc1OC. The first-order valence-electron chi connectivity index (χ1n) is 7.73. The molecular formula is C16H25N3O4. The lowest BCUT2D eigenvalue weighted by molar-refractivity contribution is 0.0847. The standard InChI is InChI=1S/C16H25N3O4/c1-22-14-4-3-13(11-15(14)23-2)16(21)17-12-19-7-5-18(6-8-19)9-10-20/h3-4,11,20H,5-10,12H2,1-2H3,(H,17,21). The molecule has 1 heterocycles. The predicted octanol–water partition coefficient (Wildman–Crippen LogP) is 0.00100. The number of hydrogen-bond acceptors (Lipinski definition) is 6. The normalized spacial score (nSPS) is 16.1. The molecule has 2 rings (SSSR count). The zero-order valence-electron chi connectivity index (χ0n) is 13.7. The number of nitrogens with zero attached hydrogens (tertiary/aromatic N) is 2. The van der Waals surface area contributed by atoms with Gasteiger partial charge in [0.1, 0.15) is 0 Å². The number of carbonyl (C=O) groups excluding carboxylic acids is 1. The second-order valence-electron chi connectivity index (χ2n) is 5.42. The van der Waals surface area contributed by atoms with Gasteiger partial charge in [0.05, 0.1) is 27.5 Å². The molecule has 7 heteroatoms. The van der Waals surface area contributed by atoms with Crippen LogP contribution < -0.4 is 14.8 Å².